The number of hydrogen-bond acceptors (Lipinski definition) is 3. The smallest absolute Gasteiger partial charge is 0.266 e. The first kappa shape index (κ1) is 16.6. The second-order valence-corrected chi connectivity index (χ2v) is 5.24. The van der Waals surface area contributed by atoms with Gasteiger partial charge in [0.25, 0.3) is 5.91 Å². The molecule has 0 atom stereocenters. The fraction of sp³-hybridized carbons (Fsp3) is 0.111. The van der Waals surface area contributed by atoms with Crippen molar-refractivity contribution in [1.29, 1.82) is 5.26 Å². The zero-order valence-electron chi connectivity index (χ0n) is 12.8. The Morgan fingerprint density at radius 2 is 2.04 bits per heavy atom. The van der Waals surface area contributed by atoms with Gasteiger partial charge < -0.3 is 10.1 Å². The van der Waals surface area contributed by atoms with Crippen LogP contribution in [0.15, 0.2) is 48.0 Å². The van der Waals surface area contributed by atoms with E-state index < -0.39 is 5.91 Å². The van der Waals surface area contributed by atoms with Gasteiger partial charge in [-0.2, -0.15) is 5.26 Å². The number of methoxy groups -OCH3 is 1. The van der Waals surface area contributed by atoms with Crippen LogP contribution in [0.1, 0.15) is 11.1 Å². The number of amides is 1. The Kier molecular flexibility index (Phi) is 5.40. The molecule has 2 aromatic carbocycles. The monoisotopic (exact) mass is 326 g/mol. The number of nitrogens with one attached hydrogen (secondary N) is 1. The first-order chi connectivity index (χ1) is 11.0. The highest BCUT2D eigenvalue weighted by Crippen LogP contribution is 2.27. The van der Waals surface area contributed by atoms with E-state index in [-0.39, 0.29) is 5.57 Å². The lowest BCUT2D eigenvalue weighted by Crippen LogP contribution is -2.13. The van der Waals surface area contributed by atoms with Crippen molar-refractivity contribution in [3.05, 3.63) is 64.2 Å². The molecular formula is C18H15ClN2O2. The van der Waals surface area contributed by atoms with Gasteiger partial charge in [0.2, 0.25) is 0 Å². The number of ether oxygens (including phenoxy) is 1. The largest absolute Gasteiger partial charge is 0.495 e. The van der Waals surface area contributed by atoms with Crippen LogP contribution in [0.3, 0.4) is 0 Å². The molecule has 0 saturated carbocycles. The van der Waals surface area contributed by atoms with E-state index in [1.165, 1.54) is 7.11 Å². The molecule has 0 fully saturated rings. The zero-order chi connectivity index (χ0) is 16.8. The fourth-order valence-electron chi connectivity index (χ4n) is 2.00. The van der Waals surface area contributed by atoms with Crippen molar-refractivity contribution in [3.8, 4) is 11.8 Å². The summed E-state index contributed by atoms with van der Waals surface area (Å²) in [5.41, 5.74) is 2.32. The molecule has 4 nitrogen and oxygen atoms in total. The van der Waals surface area contributed by atoms with Crippen molar-refractivity contribution in [3.63, 3.8) is 0 Å². The minimum Gasteiger partial charge on any atom is -0.495 e. The van der Waals surface area contributed by atoms with Crippen LogP contribution in [0.4, 0.5) is 5.69 Å². The highest BCUT2D eigenvalue weighted by atomic mass is 35.5. The summed E-state index contributed by atoms with van der Waals surface area (Å²) < 4.78 is 5.06. The molecule has 0 aromatic heterocycles. The Balaban J connectivity index is 2.23. The van der Waals surface area contributed by atoms with Gasteiger partial charge in [0.05, 0.1) is 12.1 Å². The molecule has 0 radical (unpaired) electrons. The van der Waals surface area contributed by atoms with Crippen molar-refractivity contribution in [2.75, 3.05) is 12.4 Å². The second kappa shape index (κ2) is 7.48. The molecule has 0 unspecified atom stereocenters. The first-order valence-electron chi connectivity index (χ1n) is 6.87. The lowest BCUT2D eigenvalue weighted by atomic mass is 10.1. The Labute approximate surface area is 140 Å². The summed E-state index contributed by atoms with van der Waals surface area (Å²) in [6.45, 7) is 1.92. The van der Waals surface area contributed by atoms with Gasteiger partial charge in [0.1, 0.15) is 17.4 Å². The summed E-state index contributed by atoms with van der Waals surface area (Å²) in [6, 6.07) is 14.3. The maximum absolute atomic E-state index is 12.2. The van der Waals surface area contributed by atoms with Gasteiger partial charge >= 0.3 is 0 Å². The maximum atomic E-state index is 12.2. The Hall–Kier alpha value is -2.77. The predicted octanol–water partition coefficient (Wildman–Crippen LogP) is 4.20. The van der Waals surface area contributed by atoms with E-state index in [4.69, 9.17) is 16.3 Å². The number of carbonyl (C=O) groups is 1. The number of halogens is 1. The molecule has 0 saturated heterocycles. The van der Waals surface area contributed by atoms with Gasteiger partial charge in [0, 0.05) is 5.69 Å². The van der Waals surface area contributed by atoms with E-state index in [1.807, 2.05) is 37.3 Å². The van der Waals surface area contributed by atoms with Gasteiger partial charge in [-0.15, -0.1) is 0 Å². The molecule has 2 aromatic rings. The molecule has 5 heteroatoms. The molecule has 0 bridgehead atoms. The maximum Gasteiger partial charge on any atom is 0.266 e. The van der Waals surface area contributed by atoms with Crippen LogP contribution >= 0.6 is 11.6 Å². The third-order valence-corrected chi connectivity index (χ3v) is 3.56. The Morgan fingerprint density at radius 3 is 2.65 bits per heavy atom. The van der Waals surface area contributed by atoms with E-state index in [2.05, 4.69) is 5.32 Å². The van der Waals surface area contributed by atoms with E-state index in [0.717, 1.165) is 11.1 Å². The van der Waals surface area contributed by atoms with E-state index in [1.54, 1.807) is 24.3 Å². The summed E-state index contributed by atoms with van der Waals surface area (Å²) in [5.74, 6) is 0.0256. The van der Waals surface area contributed by atoms with Gasteiger partial charge in [0.15, 0.2) is 0 Å². The van der Waals surface area contributed by atoms with Crippen molar-refractivity contribution in [1.82, 2.24) is 0 Å². The van der Waals surface area contributed by atoms with Crippen molar-refractivity contribution in [2.24, 2.45) is 0 Å². The van der Waals surface area contributed by atoms with Crippen LogP contribution in [-0.2, 0) is 4.79 Å². The molecule has 2 rings (SSSR count). The molecule has 1 amide bonds. The predicted molar refractivity (Wildman–Crippen MR) is 91.4 cm³/mol. The lowest BCUT2D eigenvalue weighted by molar-refractivity contribution is -0.112. The van der Waals surface area contributed by atoms with Crippen LogP contribution in [0.5, 0.6) is 5.75 Å². The SMILES string of the molecule is COc1ccc(NC(=O)/C(C#N)=C/c2ccccc2C)cc1Cl. The number of aryl methyl sites for hydroxylation is 1. The van der Waals surface area contributed by atoms with Crippen LogP contribution in [0, 0.1) is 18.3 Å². The van der Waals surface area contributed by atoms with Gasteiger partial charge in [-0.1, -0.05) is 35.9 Å². The average molecular weight is 327 g/mol. The van der Waals surface area contributed by atoms with Gasteiger partial charge in [-0.05, 0) is 42.3 Å². The molecule has 116 valence electrons. The number of benzene rings is 2. The number of carbonyl (C=O) groups excluding carboxylic acids is 1. The van der Waals surface area contributed by atoms with Crippen LogP contribution in [0.2, 0.25) is 5.02 Å². The average Bonchev–Trinajstić information content (AvgIpc) is 2.54. The zero-order valence-corrected chi connectivity index (χ0v) is 13.5. The topological polar surface area (TPSA) is 62.1 Å². The third-order valence-electron chi connectivity index (χ3n) is 3.26. The third kappa shape index (κ3) is 4.12. The number of rotatable bonds is 4. The summed E-state index contributed by atoms with van der Waals surface area (Å²) in [7, 11) is 1.51. The second-order valence-electron chi connectivity index (χ2n) is 4.83. The number of nitrogens with zero attached hydrogens (tertiary/aromatic N) is 1. The van der Waals surface area contributed by atoms with Crippen LogP contribution in [0.25, 0.3) is 6.08 Å². The number of hydrogen-bond donors (Lipinski definition) is 1. The number of nitriles is 1. The lowest BCUT2D eigenvalue weighted by Gasteiger charge is -2.08. The quantitative estimate of drug-likeness (QED) is 0.676. The molecular weight excluding hydrogens is 312 g/mol. The van der Waals surface area contributed by atoms with Crippen molar-refractivity contribution < 1.29 is 9.53 Å². The fourth-order valence-corrected chi connectivity index (χ4v) is 2.25. The van der Waals surface area contributed by atoms with E-state index >= 15 is 0 Å². The Morgan fingerprint density at radius 1 is 1.30 bits per heavy atom. The van der Waals surface area contributed by atoms with E-state index in [0.29, 0.717) is 16.5 Å². The standard InChI is InChI=1S/C18H15ClN2O2/c1-12-5-3-4-6-13(12)9-14(11-20)18(22)21-15-7-8-17(23-2)16(19)10-15/h3-10H,1-2H3,(H,21,22)/b14-9+. The molecule has 0 heterocycles. The molecule has 0 spiro atoms. The Bertz CT molecular complexity index is 807. The molecule has 0 aliphatic heterocycles. The number of anilines is 1. The minimum absolute atomic E-state index is 0.0197. The van der Waals surface area contributed by atoms with Gasteiger partial charge in [-0.25, -0.2) is 0 Å². The van der Waals surface area contributed by atoms with Crippen LogP contribution < -0.4 is 10.1 Å². The van der Waals surface area contributed by atoms with Crippen molar-refractivity contribution in [2.45, 2.75) is 6.92 Å². The highest BCUT2D eigenvalue weighted by Gasteiger charge is 2.11. The summed E-state index contributed by atoms with van der Waals surface area (Å²) in [6.07, 6.45) is 1.57. The molecule has 23 heavy (non-hydrogen) atoms. The summed E-state index contributed by atoms with van der Waals surface area (Å²) in [4.78, 5) is 12.2. The van der Waals surface area contributed by atoms with Crippen molar-refractivity contribution >= 4 is 29.3 Å². The summed E-state index contributed by atoms with van der Waals surface area (Å²) in [5, 5.41) is 12.3. The van der Waals surface area contributed by atoms with Crippen LogP contribution in [-0.4, -0.2) is 13.0 Å². The highest BCUT2D eigenvalue weighted by molar-refractivity contribution is 6.32. The normalized spacial score (nSPS) is 10.8. The molecule has 1 N–H and O–H groups in total. The minimum atomic E-state index is -0.489. The molecule has 0 aliphatic carbocycles. The van der Waals surface area contributed by atoms with Gasteiger partial charge in [-0.3, -0.25) is 4.79 Å². The van der Waals surface area contributed by atoms with E-state index in [9.17, 15) is 10.1 Å². The molecule has 0 aliphatic rings. The summed E-state index contributed by atoms with van der Waals surface area (Å²) >= 11 is 6.02. The first-order valence-corrected chi connectivity index (χ1v) is 7.25.